The average molecular weight is 330 g/mol. The molecule has 0 aliphatic carbocycles. The van der Waals surface area contributed by atoms with Gasteiger partial charge in [0.2, 0.25) is 0 Å². The van der Waals surface area contributed by atoms with Crippen LogP contribution in [0.4, 0.5) is 0 Å². The second-order valence-corrected chi connectivity index (χ2v) is 5.87. The van der Waals surface area contributed by atoms with Crippen molar-refractivity contribution in [3.8, 4) is 5.69 Å². The van der Waals surface area contributed by atoms with Crippen LogP contribution >= 0.6 is 0 Å². The molecule has 1 aromatic heterocycles. The summed E-state index contributed by atoms with van der Waals surface area (Å²) in [5.41, 5.74) is 2.05. The lowest BCUT2D eigenvalue weighted by Crippen LogP contribution is -2.51. The Morgan fingerprint density at radius 2 is 2.12 bits per heavy atom. The van der Waals surface area contributed by atoms with Crippen molar-refractivity contribution >= 4 is 11.9 Å². The molecule has 2 aromatic rings. The zero-order valence-corrected chi connectivity index (χ0v) is 13.4. The van der Waals surface area contributed by atoms with E-state index < -0.39 is 12.1 Å². The molecular formula is C16H18N4O4. The minimum absolute atomic E-state index is 0.00415. The quantitative estimate of drug-likeness (QED) is 0.897. The van der Waals surface area contributed by atoms with Gasteiger partial charge in [-0.3, -0.25) is 4.79 Å². The fourth-order valence-corrected chi connectivity index (χ4v) is 2.67. The summed E-state index contributed by atoms with van der Waals surface area (Å²) in [7, 11) is 0. The number of amides is 1. The molecular weight excluding hydrogens is 312 g/mol. The van der Waals surface area contributed by atoms with Crippen LogP contribution in [-0.2, 0) is 9.53 Å². The van der Waals surface area contributed by atoms with Gasteiger partial charge in [0.25, 0.3) is 5.91 Å². The largest absolute Gasteiger partial charge is 0.479 e. The smallest absolute Gasteiger partial charge is 0.334 e. The number of hydrogen-bond acceptors (Lipinski definition) is 5. The first-order chi connectivity index (χ1) is 11.4. The number of nitrogens with zero attached hydrogens (tertiary/aromatic N) is 4. The van der Waals surface area contributed by atoms with Crippen LogP contribution in [0.15, 0.2) is 30.5 Å². The maximum absolute atomic E-state index is 12.6. The zero-order valence-electron chi connectivity index (χ0n) is 13.4. The van der Waals surface area contributed by atoms with Crippen LogP contribution in [0, 0.1) is 6.92 Å². The van der Waals surface area contributed by atoms with Gasteiger partial charge in [-0.05, 0) is 31.5 Å². The van der Waals surface area contributed by atoms with Crippen LogP contribution in [0.1, 0.15) is 23.0 Å². The van der Waals surface area contributed by atoms with Crippen LogP contribution in [0.5, 0.6) is 0 Å². The lowest BCUT2D eigenvalue weighted by atomic mass is 10.2. The van der Waals surface area contributed by atoms with E-state index in [1.165, 1.54) is 9.58 Å². The summed E-state index contributed by atoms with van der Waals surface area (Å²) < 4.78 is 6.84. The normalized spacial score (nSPS) is 20.8. The highest BCUT2D eigenvalue weighted by molar-refractivity contribution is 5.92. The maximum atomic E-state index is 12.6. The van der Waals surface area contributed by atoms with Gasteiger partial charge in [-0.1, -0.05) is 17.3 Å². The van der Waals surface area contributed by atoms with Gasteiger partial charge in [0.1, 0.15) is 0 Å². The molecule has 0 saturated carbocycles. The third-order valence-corrected chi connectivity index (χ3v) is 3.80. The highest BCUT2D eigenvalue weighted by Gasteiger charge is 2.33. The minimum Gasteiger partial charge on any atom is -0.479 e. The molecule has 1 unspecified atom stereocenters. The summed E-state index contributed by atoms with van der Waals surface area (Å²) in [6, 6.07) is 7.66. The van der Waals surface area contributed by atoms with Crippen molar-refractivity contribution in [3.63, 3.8) is 0 Å². The summed E-state index contributed by atoms with van der Waals surface area (Å²) >= 11 is 0. The van der Waals surface area contributed by atoms with E-state index in [0.717, 1.165) is 11.3 Å². The van der Waals surface area contributed by atoms with Gasteiger partial charge < -0.3 is 14.7 Å². The highest BCUT2D eigenvalue weighted by atomic mass is 16.5. The molecule has 1 saturated heterocycles. The SMILES string of the molecule is Cc1cccc(-n2cc(C(=O)N3CC(C(=O)O)O[C@H](C)C3)nn2)c1. The van der Waals surface area contributed by atoms with E-state index in [1.807, 2.05) is 31.2 Å². The number of carbonyl (C=O) groups is 2. The molecule has 1 fully saturated rings. The molecule has 1 N–H and O–H groups in total. The van der Waals surface area contributed by atoms with Crippen molar-refractivity contribution < 1.29 is 19.4 Å². The van der Waals surface area contributed by atoms with Crippen molar-refractivity contribution in [2.75, 3.05) is 13.1 Å². The Bertz CT molecular complexity index is 773. The van der Waals surface area contributed by atoms with E-state index in [1.54, 1.807) is 13.1 Å². The predicted molar refractivity (Wildman–Crippen MR) is 84.0 cm³/mol. The fraction of sp³-hybridized carbons (Fsp3) is 0.375. The topological polar surface area (TPSA) is 97.6 Å². The second-order valence-electron chi connectivity index (χ2n) is 5.87. The lowest BCUT2D eigenvalue weighted by molar-refractivity contribution is -0.160. The molecule has 0 bridgehead atoms. The number of carboxylic acid groups (broad SMARTS) is 1. The molecule has 0 spiro atoms. The maximum Gasteiger partial charge on any atom is 0.334 e. The van der Waals surface area contributed by atoms with E-state index in [9.17, 15) is 9.59 Å². The Balaban J connectivity index is 1.79. The van der Waals surface area contributed by atoms with Gasteiger partial charge in [0.15, 0.2) is 11.8 Å². The summed E-state index contributed by atoms with van der Waals surface area (Å²) in [5.74, 6) is -1.43. The number of benzene rings is 1. The van der Waals surface area contributed by atoms with Crippen LogP contribution in [0.25, 0.3) is 5.69 Å². The van der Waals surface area contributed by atoms with Crippen molar-refractivity contribution in [2.24, 2.45) is 0 Å². The third-order valence-electron chi connectivity index (χ3n) is 3.80. The van der Waals surface area contributed by atoms with Crippen molar-refractivity contribution in [2.45, 2.75) is 26.1 Å². The molecule has 8 nitrogen and oxygen atoms in total. The summed E-state index contributed by atoms with van der Waals surface area (Å²) in [5, 5.41) is 17.0. The minimum atomic E-state index is -1.08. The molecule has 126 valence electrons. The van der Waals surface area contributed by atoms with Gasteiger partial charge in [-0.2, -0.15) is 0 Å². The highest BCUT2D eigenvalue weighted by Crippen LogP contribution is 2.15. The Hall–Kier alpha value is -2.74. The number of aliphatic carboxylic acids is 1. The summed E-state index contributed by atoms with van der Waals surface area (Å²) in [6.45, 7) is 4.02. The van der Waals surface area contributed by atoms with Crippen molar-refractivity contribution in [1.82, 2.24) is 19.9 Å². The predicted octanol–water partition coefficient (Wildman–Crippen LogP) is 0.890. The molecule has 24 heavy (non-hydrogen) atoms. The first-order valence-corrected chi connectivity index (χ1v) is 7.61. The lowest BCUT2D eigenvalue weighted by Gasteiger charge is -2.34. The number of carbonyl (C=O) groups excluding carboxylic acids is 1. The van der Waals surface area contributed by atoms with Gasteiger partial charge in [0, 0.05) is 6.54 Å². The Kier molecular flexibility index (Phi) is 4.30. The van der Waals surface area contributed by atoms with Gasteiger partial charge in [-0.15, -0.1) is 5.10 Å². The molecule has 1 aromatic carbocycles. The zero-order chi connectivity index (χ0) is 17.3. The van der Waals surface area contributed by atoms with Crippen molar-refractivity contribution in [3.05, 3.63) is 41.7 Å². The summed E-state index contributed by atoms with van der Waals surface area (Å²) in [6.07, 6.45) is 0.174. The van der Waals surface area contributed by atoms with Crippen LogP contribution in [-0.4, -0.2) is 62.2 Å². The second kappa shape index (κ2) is 6.40. The van der Waals surface area contributed by atoms with E-state index >= 15 is 0 Å². The van der Waals surface area contributed by atoms with Crippen molar-refractivity contribution in [1.29, 1.82) is 0 Å². The fourth-order valence-electron chi connectivity index (χ4n) is 2.67. The van der Waals surface area contributed by atoms with E-state index in [4.69, 9.17) is 9.84 Å². The van der Waals surface area contributed by atoms with E-state index in [2.05, 4.69) is 10.3 Å². The molecule has 2 heterocycles. The molecule has 1 amide bonds. The van der Waals surface area contributed by atoms with Gasteiger partial charge in [-0.25, -0.2) is 9.48 Å². The molecule has 0 radical (unpaired) electrons. The van der Waals surface area contributed by atoms with Gasteiger partial charge >= 0.3 is 5.97 Å². The number of hydrogen-bond donors (Lipinski definition) is 1. The van der Waals surface area contributed by atoms with E-state index in [0.29, 0.717) is 6.54 Å². The van der Waals surface area contributed by atoms with Crippen LogP contribution < -0.4 is 0 Å². The molecule has 1 aliphatic heterocycles. The summed E-state index contributed by atoms with van der Waals surface area (Å²) in [4.78, 5) is 25.2. The van der Waals surface area contributed by atoms with Crippen LogP contribution in [0.3, 0.4) is 0 Å². The number of morpholine rings is 1. The number of aryl methyl sites for hydroxylation is 1. The van der Waals surface area contributed by atoms with Crippen LogP contribution in [0.2, 0.25) is 0 Å². The molecule has 2 atom stereocenters. The Morgan fingerprint density at radius 3 is 2.83 bits per heavy atom. The standard InChI is InChI=1S/C16H18N4O4/c1-10-4-3-5-12(6-10)20-8-13(17-18-20)15(21)19-7-11(2)24-14(9-19)16(22)23/h3-6,8,11,14H,7,9H2,1-2H3,(H,22,23)/t11-,14?/m1/s1. The first-order valence-electron chi connectivity index (χ1n) is 7.61. The van der Waals surface area contributed by atoms with E-state index in [-0.39, 0.29) is 24.2 Å². The van der Waals surface area contributed by atoms with Gasteiger partial charge in [0.05, 0.1) is 24.5 Å². The third kappa shape index (κ3) is 3.28. The average Bonchev–Trinajstić information content (AvgIpc) is 3.03. The first kappa shape index (κ1) is 16.1. The molecule has 1 aliphatic rings. The molecule has 8 heteroatoms. The Morgan fingerprint density at radius 1 is 1.33 bits per heavy atom. The monoisotopic (exact) mass is 330 g/mol. The number of ether oxygens (including phenoxy) is 1. The molecule has 3 rings (SSSR count). The number of aromatic nitrogens is 3. The number of rotatable bonds is 3. The number of carboxylic acids is 1. The Labute approximate surface area is 138 Å².